The second-order valence-corrected chi connectivity index (χ2v) is 5.72. The predicted molar refractivity (Wildman–Crippen MR) is 96.0 cm³/mol. The lowest BCUT2D eigenvalue weighted by Gasteiger charge is -2.13. The summed E-state index contributed by atoms with van der Waals surface area (Å²) < 4.78 is 5.50. The summed E-state index contributed by atoms with van der Waals surface area (Å²) in [6.07, 6.45) is 0. The topological polar surface area (TPSA) is 87.7 Å². The maximum atomic E-state index is 12.4. The quantitative estimate of drug-likeness (QED) is 0.781. The summed E-state index contributed by atoms with van der Waals surface area (Å²) in [5.74, 6) is 0.0848. The Morgan fingerprint density at radius 2 is 1.88 bits per heavy atom. The molecule has 2 N–H and O–H groups in total. The van der Waals surface area contributed by atoms with Gasteiger partial charge in [-0.2, -0.15) is 0 Å². The minimum Gasteiger partial charge on any atom is -0.492 e. The molecule has 0 atom stereocenters. The summed E-state index contributed by atoms with van der Waals surface area (Å²) in [4.78, 5) is 36.8. The average molecular weight is 353 g/mol. The minimum atomic E-state index is -0.399. The van der Waals surface area contributed by atoms with E-state index in [-0.39, 0.29) is 24.9 Å². The van der Waals surface area contributed by atoms with Gasteiger partial charge in [-0.3, -0.25) is 14.5 Å². The van der Waals surface area contributed by atoms with Crippen LogP contribution >= 0.6 is 0 Å². The van der Waals surface area contributed by atoms with Gasteiger partial charge in [0.15, 0.2) is 0 Å². The van der Waals surface area contributed by atoms with Crippen LogP contribution in [0.5, 0.6) is 5.75 Å². The molecule has 1 fully saturated rings. The van der Waals surface area contributed by atoms with Gasteiger partial charge in [0.05, 0.1) is 25.4 Å². The van der Waals surface area contributed by atoms with Crippen molar-refractivity contribution in [2.24, 2.45) is 0 Å². The van der Waals surface area contributed by atoms with Crippen LogP contribution in [0.25, 0.3) is 0 Å². The van der Waals surface area contributed by atoms with E-state index in [4.69, 9.17) is 4.74 Å². The molecule has 7 heteroatoms. The first kappa shape index (κ1) is 17.5. The van der Waals surface area contributed by atoms with E-state index in [2.05, 4.69) is 10.6 Å². The number of anilines is 1. The van der Waals surface area contributed by atoms with Gasteiger partial charge >= 0.3 is 6.03 Å². The fourth-order valence-corrected chi connectivity index (χ4v) is 2.61. The number of carbonyl (C=O) groups excluding carboxylic acids is 3. The Bertz CT molecular complexity index is 817. The molecule has 0 aromatic heterocycles. The van der Waals surface area contributed by atoms with Crippen molar-refractivity contribution in [1.29, 1.82) is 0 Å². The van der Waals surface area contributed by atoms with E-state index in [1.165, 1.54) is 0 Å². The van der Waals surface area contributed by atoms with E-state index in [9.17, 15) is 14.4 Å². The highest BCUT2D eigenvalue weighted by Gasteiger charge is 2.28. The summed E-state index contributed by atoms with van der Waals surface area (Å²) in [5, 5.41) is 5.30. The molecule has 3 rings (SSSR count). The highest BCUT2D eigenvalue weighted by atomic mass is 16.5. The molecule has 1 aliphatic rings. The first-order valence-electron chi connectivity index (χ1n) is 8.29. The summed E-state index contributed by atoms with van der Waals surface area (Å²) in [7, 11) is 0. The number of nitrogens with one attached hydrogen (secondary N) is 2. The first-order valence-corrected chi connectivity index (χ1v) is 8.29. The average Bonchev–Trinajstić information content (AvgIpc) is 2.96. The standard InChI is InChI=1S/C19H19N3O4/c1-2-26-16-6-4-3-5-15(16)21-18(24)14-9-7-13(8-10-14)12-22-17(23)11-20-19(22)25/h3-10H,2,11-12H2,1H3,(H,20,25)(H,21,24). The van der Waals surface area contributed by atoms with Crippen LogP contribution in [0, 0.1) is 0 Å². The molecule has 1 heterocycles. The van der Waals surface area contributed by atoms with Crippen LogP contribution in [-0.2, 0) is 11.3 Å². The number of imide groups is 1. The number of para-hydroxylation sites is 2. The monoisotopic (exact) mass is 353 g/mol. The Labute approximate surface area is 150 Å². The summed E-state index contributed by atoms with van der Waals surface area (Å²) in [6, 6.07) is 13.6. The van der Waals surface area contributed by atoms with Gasteiger partial charge in [0, 0.05) is 5.56 Å². The van der Waals surface area contributed by atoms with Gasteiger partial charge < -0.3 is 15.4 Å². The van der Waals surface area contributed by atoms with Crippen molar-refractivity contribution >= 4 is 23.5 Å². The molecule has 1 aliphatic heterocycles. The minimum absolute atomic E-state index is 0.0264. The van der Waals surface area contributed by atoms with Crippen molar-refractivity contribution in [3.05, 3.63) is 59.7 Å². The van der Waals surface area contributed by atoms with E-state index >= 15 is 0 Å². The highest BCUT2D eigenvalue weighted by molar-refractivity contribution is 6.05. The van der Waals surface area contributed by atoms with Gasteiger partial charge in [-0.15, -0.1) is 0 Å². The summed E-state index contributed by atoms with van der Waals surface area (Å²) in [5.41, 5.74) is 1.83. The second kappa shape index (κ2) is 7.69. The number of ether oxygens (including phenoxy) is 1. The lowest BCUT2D eigenvalue weighted by molar-refractivity contribution is -0.125. The Hall–Kier alpha value is -3.35. The number of nitrogens with zero attached hydrogens (tertiary/aromatic N) is 1. The van der Waals surface area contributed by atoms with E-state index in [1.807, 2.05) is 19.1 Å². The largest absolute Gasteiger partial charge is 0.492 e. The van der Waals surface area contributed by atoms with E-state index in [0.717, 1.165) is 10.5 Å². The SMILES string of the molecule is CCOc1ccccc1NC(=O)c1ccc(CN2C(=O)CNC2=O)cc1. The van der Waals surface area contributed by atoms with Crippen LogP contribution < -0.4 is 15.4 Å². The smallest absolute Gasteiger partial charge is 0.324 e. The molecule has 0 aliphatic carbocycles. The zero-order valence-electron chi connectivity index (χ0n) is 14.3. The van der Waals surface area contributed by atoms with Crippen LogP contribution in [0.4, 0.5) is 10.5 Å². The molecule has 7 nitrogen and oxygen atoms in total. The number of urea groups is 1. The van der Waals surface area contributed by atoms with Crippen molar-refractivity contribution in [3.63, 3.8) is 0 Å². The van der Waals surface area contributed by atoms with Crippen molar-refractivity contribution in [3.8, 4) is 5.75 Å². The normalized spacial score (nSPS) is 13.5. The number of hydrogen-bond donors (Lipinski definition) is 2. The molecular formula is C19H19N3O4. The molecule has 2 aromatic rings. The number of hydrogen-bond acceptors (Lipinski definition) is 4. The second-order valence-electron chi connectivity index (χ2n) is 5.72. The molecule has 0 spiro atoms. The van der Waals surface area contributed by atoms with Crippen LogP contribution in [0.2, 0.25) is 0 Å². The third-order valence-corrected chi connectivity index (χ3v) is 3.93. The zero-order chi connectivity index (χ0) is 18.5. The molecule has 2 aromatic carbocycles. The molecule has 1 saturated heterocycles. The maximum Gasteiger partial charge on any atom is 0.324 e. The van der Waals surface area contributed by atoms with Gasteiger partial charge in [0.1, 0.15) is 5.75 Å². The number of amides is 4. The number of carbonyl (C=O) groups is 3. The first-order chi connectivity index (χ1) is 12.6. The Morgan fingerprint density at radius 1 is 1.15 bits per heavy atom. The third kappa shape index (κ3) is 3.83. The molecule has 0 bridgehead atoms. The van der Waals surface area contributed by atoms with Gasteiger partial charge in [-0.1, -0.05) is 24.3 Å². The Balaban J connectivity index is 1.68. The van der Waals surface area contributed by atoms with Gasteiger partial charge in [-0.05, 0) is 36.8 Å². The lowest BCUT2D eigenvalue weighted by atomic mass is 10.1. The Morgan fingerprint density at radius 3 is 2.54 bits per heavy atom. The number of rotatable bonds is 6. The van der Waals surface area contributed by atoms with Crippen molar-refractivity contribution in [2.45, 2.75) is 13.5 Å². The zero-order valence-corrected chi connectivity index (χ0v) is 14.3. The molecule has 134 valence electrons. The molecular weight excluding hydrogens is 334 g/mol. The molecule has 0 saturated carbocycles. The maximum absolute atomic E-state index is 12.4. The summed E-state index contributed by atoms with van der Waals surface area (Å²) in [6.45, 7) is 2.59. The van der Waals surface area contributed by atoms with E-state index in [1.54, 1.807) is 36.4 Å². The number of benzene rings is 2. The van der Waals surface area contributed by atoms with Crippen LogP contribution in [-0.4, -0.2) is 35.9 Å². The van der Waals surface area contributed by atoms with E-state index < -0.39 is 6.03 Å². The fraction of sp³-hybridized carbons (Fsp3) is 0.211. The van der Waals surface area contributed by atoms with Gasteiger partial charge in [-0.25, -0.2) is 4.79 Å². The van der Waals surface area contributed by atoms with Crippen LogP contribution in [0.15, 0.2) is 48.5 Å². The van der Waals surface area contributed by atoms with Crippen molar-refractivity contribution < 1.29 is 19.1 Å². The Kier molecular flexibility index (Phi) is 5.17. The molecule has 0 unspecified atom stereocenters. The lowest BCUT2D eigenvalue weighted by Crippen LogP contribution is -2.30. The molecule has 26 heavy (non-hydrogen) atoms. The van der Waals surface area contributed by atoms with Gasteiger partial charge in [0.2, 0.25) is 5.91 Å². The van der Waals surface area contributed by atoms with E-state index in [0.29, 0.717) is 23.6 Å². The van der Waals surface area contributed by atoms with Gasteiger partial charge in [0.25, 0.3) is 5.91 Å². The summed E-state index contributed by atoms with van der Waals surface area (Å²) >= 11 is 0. The molecule has 0 radical (unpaired) electrons. The molecule has 4 amide bonds. The third-order valence-electron chi connectivity index (χ3n) is 3.93. The van der Waals surface area contributed by atoms with Crippen molar-refractivity contribution in [2.75, 3.05) is 18.5 Å². The predicted octanol–water partition coefficient (Wildman–Crippen LogP) is 2.39. The van der Waals surface area contributed by atoms with Crippen molar-refractivity contribution in [1.82, 2.24) is 10.2 Å². The fourth-order valence-electron chi connectivity index (χ4n) is 2.61. The van der Waals surface area contributed by atoms with Crippen LogP contribution in [0.3, 0.4) is 0 Å². The van der Waals surface area contributed by atoms with Crippen LogP contribution in [0.1, 0.15) is 22.8 Å². The highest BCUT2D eigenvalue weighted by Crippen LogP contribution is 2.24.